The Labute approximate surface area is 109 Å². The Balaban J connectivity index is 2.88. The van der Waals surface area contributed by atoms with Gasteiger partial charge in [0.25, 0.3) is 0 Å². The van der Waals surface area contributed by atoms with Crippen molar-refractivity contribution in [2.75, 3.05) is 12.4 Å². The molecule has 6 heteroatoms. The lowest BCUT2D eigenvalue weighted by atomic mass is 10.1. The lowest BCUT2D eigenvalue weighted by Crippen LogP contribution is -2.24. The smallest absolute Gasteiger partial charge is 0.418 e. The van der Waals surface area contributed by atoms with Gasteiger partial charge < -0.3 is 10.1 Å². The van der Waals surface area contributed by atoms with Gasteiger partial charge in [-0.15, -0.1) is 0 Å². The van der Waals surface area contributed by atoms with Gasteiger partial charge in [-0.3, -0.25) is 4.79 Å². The van der Waals surface area contributed by atoms with E-state index in [2.05, 4.69) is 10.1 Å². The Morgan fingerprint density at radius 1 is 1.37 bits per heavy atom. The molecule has 0 saturated carbocycles. The maximum atomic E-state index is 12.8. The molecule has 0 aliphatic carbocycles. The minimum atomic E-state index is -4.42. The van der Waals surface area contributed by atoms with Crippen molar-refractivity contribution < 1.29 is 22.7 Å². The Kier molecular flexibility index (Phi) is 5.20. The van der Waals surface area contributed by atoms with Crippen LogP contribution in [0.25, 0.3) is 0 Å². The number of ether oxygens (including phenoxy) is 1. The third kappa shape index (κ3) is 4.46. The molecule has 0 unspecified atom stereocenters. The van der Waals surface area contributed by atoms with Crippen LogP contribution >= 0.6 is 0 Å². The zero-order valence-corrected chi connectivity index (χ0v) is 10.8. The fourth-order valence-electron chi connectivity index (χ4n) is 1.66. The van der Waals surface area contributed by atoms with E-state index in [0.717, 1.165) is 6.07 Å². The van der Waals surface area contributed by atoms with E-state index in [1.165, 1.54) is 25.3 Å². The summed E-state index contributed by atoms with van der Waals surface area (Å²) in [5, 5.41) is 2.75. The molecule has 1 atom stereocenters. The van der Waals surface area contributed by atoms with Gasteiger partial charge in [-0.25, -0.2) is 0 Å². The highest BCUT2D eigenvalue weighted by atomic mass is 19.4. The SMILES string of the molecule is CC[C@H](CC(=O)OC)Nc1ccccc1C(F)(F)F. The predicted octanol–water partition coefficient (Wildman–Crippen LogP) is 3.46. The number of alkyl halides is 3. The fourth-order valence-corrected chi connectivity index (χ4v) is 1.66. The lowest BCUT2D eigenvalue weighted by Gasteiger charge is -2.20. The van der Waals surface area contributed by atoms with Gasteiger partial charge in [0.05, 0.1) is 19.1 Å². The molecule has 0 bridgehead atoms. The second-order valence-corrected chi connectivity index (χ2v) is 4.07. The van der Waals surface area contributed by atoms with Crippen LogP contribution in [0.4, 0.5) is 18.9 Å². The summed E-state index contributed by atoms with van der Waals surface area (Å²) in [6, 6.07) is 4.81. The van der Waals surface area contributed by atoms with Crippen LogP contribution in [-0.2, 0) is 15.7 Å². The predicted molar refractivity (Wildman–Crippen MR) is 65.8 cm³/mol. The van der Waals surface area contributed by atoms with Crippen molar-refractivity contribution in [2.24, 2.45) is 0 Å². The summed E-state index contributed by atoms with van der Waals surface area (Å²) in [5.74, 6) is -0.455. The Morgan fingerprint density at radius 2 is 2.00 bits per heavy atom. The van der Waals surface area contributed by atoms with Crippen molar-refractivity contribution in [1.29, 1.82) is 0 Å². The van der Waals surface area contributed by atoms with Crippen molar-refractivity contribution in [3.63, 3.8) is 0 Å². The molecule has 106 valence electrons. The standard InChI is InChI=1S/C13H16F3NO2/c1-3-9(8-12(18)19-2)17-11-7-5-4-6-10(11)13(14,15)16/h4-7,9,17H,3,8H2,1-2H3/t9-/m1/s1. The summed E-state index contributed by atoms with van der Waals surface area (Å²) in [4.78, 5) is 11.2. The monoisotopic (exact) mass is 275 g/mol. The first-order valence-corrected chi connectivity index (χ1v) is 5.88. The van der Waals surface area contributed by atoms with Gasteiger partial charge in [0.2, 0.25) is 0 Å². The first-order chi connectivity index (χ1) is 8.88. The summed E-state index contributed by atoms with van der Waals surface area (Å²) < 4.78 is 42.9. The van der Waals surface area contributed by atoms with Crippen LogP contribution in [0.5, 0.6) is 0 Å². The van der Waals surface area contributed by atoms with E-state index >= 15 is 0 Å². The van der Waals surface area contributed by atoms with Crippen molar-refractivity contribution in [1.82, 2.24) is 0 Å². The van der Waals surface area contributed by atoms with Crippen LogP contribution in [0, 0.1) is 0 Å². The number of hydrogen-bond acceptors (Lipinski definition) is 3. The maximum Gasteiger partial charge on any atom is 0.418 e. The molecule has 1 N–H and O–H groups in total. The number of hydrogen-bond donors (Lipinski definition) is 1. The Hall–Kier alpha value is -1.72. The zero-order valence-electron chi connectivity index (χ0n) is 10.8. The molecule has 0 spiro atoms. The van der Waals surface area contributed by atoms with Crippen LogP contribution in [-0.4, -0.2) is 19.1 Å². The molecule has 1 aromatic rings. The number of anilines is 1. The van der Waals surface area contributed by atoms with Gasteiger partial charge in [0.15, 0.2) is 0 Å². The molecule has 19 heavy (non-hydrogen) atoms. The number of nitrogens with one attached hydrogen (secondary N) is 1. The molecule has 0 aromatic heterocycles. The highest BCUT2D eigenvalue weighted by Gasteiger charge is 2.33. The number of esters is 1. The van der Waals surface area contributed by atoms with Crippen LogP contribution in [0.15, 0.2) is 24.3 Å². The molecule has 0 fully saturated rings. The summed E-state index contributed by atoms with van der Waals surface area (Å²) >= 11 is 0. The van der Waals surface area contributed by atoms with E-state index in [4.69, 9.17) is 0 Å². The van der Waals surface area contributed by atoms with E-state index < -0.39 is 23.8 Å². The van der Waals surface area contributed by atoms with E-state index in [1.54, 1.807) is 6.92 Å². The fraction of sp³-hybridized carbons (Fsp3) is 0.462. The van der Waals surface area contributed by atoms with E-state index in [0.29, 0.717) is 6.42 Å². The quantitative estimate of drug-likeness (QED) is 0.836. The second-order valence-electron chi connectivity index (χ2n) is 4.07. The molecular weight excluding hydrogens is 259 g/mol. The van der Waals surface area contributed by atoms with Gasteiger partial charge in [-0.1, -0.05) is 19.1 Å². The third-order valence-electron chi connectivity index (χ3n) is 2.73. The van der Waals surface area contributed by atoms with Crippen LogP contribution in [0.3, 0.4) is 0 Å². The minimum Gasteiger partial charge on any atom is -0.469 e. The summed E-state index contributed by atoms with van der Waals surface area (Å²) in [6.07, 6.45) is -3.88. The van der Waals surface area contributed by atoms with E-state index in [9.17, 15) is 18.0 Å². The number of methoxy groups -OCH3 is 1. The highest BCUT2D eigenvalue weighted by Crippen LogP contribution is 2.35. The van der Waals surface area contributed by atoms with E-state index in [1.807, 2.05) is 0 Å². The molecule has 0 aliphatic heterocycles. The van der Waals surface area contributed by atoms with Gasteiger partial charge >= 0.3 is 12.1 Å². The first kappa shape index (κ1) is 15.3. The van der Waals surface area contributed by atoms with Crippen molar-refractivity contribution in [3.8, 4) is 0 Å². The zero-order chi connectivity index (χ0) is 14.5. The molecule has 0 saturated heterocycles. The molecule has 0 aliphatic rings. The number of halogens is 3. The highest BCUT2D eigenvalue weighted by molar-refractivity contribution is 5.70. The van der Waals surface area contributed by atoms with Crippen molar-refractivity contribution in [2.45, 2.75) is 32.0 Å². The number of para-hydroxylation sites is 1. The maximum absolute atomic E-state index is 12.8. The third-order valence-corrected chi connectivity index (χ3v) is 2.73. The molecule has 1 rings (SSSR count). The van der Waals surface area contributed by atoms with Gasteiger partial charge in [0.1, 0.15) is 0 Å². The first-order valence-electron chi connectivity index (χ1n) is 5.88. The largest absolute Gasteiger partial charge is 0.469 e. The molecule has 3 nitrogen and oxygen atoms in total. The average Bonchev–Trinajstić information content (AvgIpc) is 2.37. The Morgan fingerprint density at radius 3 is 2.53 bits per heavy atom. The summed E-state index contributed by atoms with van der Waals surface area (Å²) in [6.45, 7) is 1.79. The molecule has 0 radical (unpaired) electrons. The van der Waals surface area contributed by atoms with Gasteiger partial charge in [-0.05, 0) is 18.6 Å². The van der Waals surface area contributed by atoms with Crippen LogP contribution in [0.2, 0.25) is 0 Å². The molecule has 0 amide bonds. The average molecular weight is 275 g/mol. The second kappa shape index (κ2) is 6.45. The number of benzene rings is 1. The molecule has 0 heterocycles. The summed E-state index contributed by atoms with van der Waals surface area (Å²) in [5.41, 5.74) is -0.760. The summed E-state index contributed by atoms with van der Waals surface area (Å²) in [7, 11) is 1.25. The lowest BCUT2D eigenvalue weighted by molar-refractivity contribution is -0.140. The number of carbonyl (C=O) groups excluding carboxylic acids is 1. The Bertz CT molecular complexity index is 432. The minimum absolute atomic E-state index is 0.0225. The van der Waals surface area contributed by atoms with Crippen LogP contribution < -0.4 is 5.32 Å². The molecule has 1 aromatic carbocycles. The van der Waals surface area contributed by atoms with Crippen molar-refractivity contribution in [3.05, 3.63) is 29.8 Å². The number of rotatable bonds is 5. The normalized spacial score (nSPS) is 12.9. The van der Waals surface area contributed by atoms with Crippen LogP contribution in [0.1, 0.15) is 25.3 Å². The topological polar surface area (TPSA) is 38.3 Å². The van der Waals surface area contributed by atoms with Gasteiger partial charge in [-0.2, -0.15) is 13.2 Å². The van der Waals surface area contributed by atoms with Gasteiger partial charge in [0, 0.05) is 11.7 Å². The molecular formula is C13H16F3NO2. The van der Waals surface area contributed by atoms with E-state index in [-0.39, 0.29) is 12.1 Å². The number of carbonyl (C=O) groups is 1. The van der Waals surface area contributed by atoms with Crippen molar-refractivity contribution >= 4 is 11.7 Å².